The van der Waals surface area contributed by atoms with Crippen LogP contribution in [0.25, 0.3) is 43.5 Å². The van der Waals surface area contributed by atoms with Gasteiger partial charge in [-0.25, -0.2) is 0 Å². The Morgan fingerprint density at radius 2 is 1.09 bits per heavy atom. The summed E-state index contributed by atoms with van der Waals surface area (Å²) in [6.45, 7) is 0. The molecule has 0 saturated heterocycles. The van der Waals surface area contributed by atoms with E-state index in [9.17, 15) is 10.2 Å². The van der Waals surface area contributed by atoms with Crippen molar-refractivity contribution in [2.75, 3.05) is 0 Å². The van der Waals surface area contributed by atoms with Gasteiger partial charge >= 0.3 is 0 Å². The maximum Gasteiger partial charge on any atom is 0.143 e. The van der Waals surface area contributed by atoms with Gasteiger partial charge in [0.1, 0.15) is 22.7 Å². The summed E-state index contributed by atoms with van der Waals surface area (Å²) in [4.78, 5) is 0. The van der Waals surface area contributed by atoms with Gasteiger partial charge < -0.3 is 14.6 Å². The molecular weight excluding hydrogens is 288 g/mol. The zero-order valence-electron chi connectivity index (χ0n) is 12.1. The van der Waals surface area contributed by atoms with Crippen LogP contribution in [0.1, 0.15) is 0 Å². The zero-order valence-corrected chi connectivity index (χ0v) is 12.1. The van der Waals surface area contributed by atoms with Crippen molar-refractivity contribution in [3.05, 3.63) is 60.7 Å². The molecule has 0 aliphatic carbocycles. The van der Waals surface area contributed by atoms with Crippen LogP contribution in [0.3, 0.4) is 0 Å². The summed E-state index contributed by atoms with van der Waals surface area (Å²) in [7, 11) is 0. The lowest BCUT2D eigenvalue weighted by Crippen LogP contribution is -1.76. The van der Waals surface area contributed by atoms with Crippen LogP contribution in [0.15, 0.2) is 65.1 Å². The van der Waals surface area contributed by atoms with Crippen LogP contribution in [0.4, 0.5) is 0 Å². The number of aromatic hydroxyl groups is 2. The van der Waals surface area contributed by atoms with Gasteiger partial charge in [0, 0.05) is 32.3 Å². The maximum atomic E-state index is 10.3. The monoisotopic (exact) mass is 300 g/mol. The lowest BCUT2D eigenvalue weighted by molar-refractivity contribution is 0.481. The Hall–Kier alpha value is -3.20. The Morgan fingerprint density at radius 3 is 1.91 bits per heavy atom. The first kappa shape index (κ1) is 12.4. The second kappa shape index (κ2) is 4.17. The predicted molar refractivity (Wildman–Crippen MR) is 92.1 cm³/mol. The second-order valence-electron chi connectivity index (χ2n) is 5.73. The lowest BCUT2D eigenvalue weighted by atomic mass is 10.0. The van der Waals surface area contributed by atoms with Crippen LogP contribution < -0.4 is 0 Å². The normalized spacial score (nSPS) is 11.8. The van der Waals surface area contributed by atoms with Crippen molar-refractivity contribution in [2.45, 2.75) is 0 Å². The molecule has 110 valence electrons. The highest BCUT2D eigenvalue weighted by Gasteiger charge is 2.15. The van der Waals surface area contributed by atoms with Gasteiger partial charge in [0.2, 0.25) is 0 Å². The molecule has 0 fully saturated rings. The molecule has 23 heavy (non-hydrogen) atoms. The Labute approximate surface area is 131 Å². The second-order valence-corrected chi connectivity index (χ2v) is 5.73. The van der Waals surface area contributed by atoms with Crippen molar-refractivity contribution >= 4 is 43.5 Å². The van der Waals surface area contributed by atoms with E-state index in [-0.39, 0.29) is 11.5 Å². The fraction of sp³-hybridized carbons (Fsp3) is 0. The summed E-state index contributed by atoms with van der Waals surface area (Å²) in [6.07, 6.45) is 0. The summed E-state index contributed by atoms with van der Waals surface area (Å²) in [6, 6.07) is 18.6. The van der Waals surface area contributed by atoms with Crippen molar-refractivity contribution in [1.82, 2.24) is 0 Å². The molecule has 4 aromatic carbocycles. The summed E-state index contributed by atoms with van der Waals surface area (Å²) >= 11 is 0. The fourth-order valence-electron chi connectivity index (χ4n) is 3.38. The zero-order chi connectivity index (χ0) is 15.6. The molecule has 1 heterocycles. The molecule has 0 bridgehead atoms. The van der Waals surface area contributed by atoms with Gasteiger partial charge in [-0.2, -0.15) is 0 Å². The molecule has 0 spiro atoms. The number of rotatable bonds is 0. The Kier molecular flexibility index (Phi) is 2.24. The molecule has 5 rings (SSSR count). The van der Waals surface area contributed by atoms with E-state index in [2.05, 4.69) is 0 Å². The SMILES string of the molecule is Oc1cccc2c1ccc1c3cc(O)c4ccccc4c3oc21. The summed E-state index contributed by atoms with van der Waals surface area (Å²) in [5, 5.41) is 25.4. The van der Waals surface area contributed by atoms with Crippen molar-refractivity contribution in [1.29, 1.82) is 0 Å². The third-order valence-corrected chi connectivity index (χ3v) is 4.46. The van der Waals surface area contributed by atoms with Crippen LogP contribution in [0.2, 0.25) is 0 Å². The van der Waals surface area contributed by atoms with E-state index in [1.54, 1.807) is 18.2 Å². The van der Waals surface area contributed by atoms with Gasteiger partial charge in [-0.3, -0.25) is 0 Å². The molecule has 3 nitrogen and oxygen atoms in total. The third-order valence-electron chi connectivity index (χ3n) is 4.46. The Morgan fingerprint density at radius 1 is 0.522 bits per heavy atom. The minimum atomic E-state index is 0.234. The van der Waals surface area contributed by atoms with E-state index >= 15 is 0 Å². The van der Waals surface area contributed by atoms with E-state index in [0.717, 1.165) is 43.5 Å². The average Bonchev–Trinajstić information content (AvgIpc) is 2.95. The molecule has 2 N–H and O–H groups in total. The van der Waals surface area contributed by atoms with Gasteiger partial charge in [0.05, 0.1) is 0 Å². The molecule has 3 heteroatoms. The molecule has 0 amide bonds. The highest BCUT2D eigenvalue weighted by Crippen LogP contribution is 2.41. The molecule has 0 saturated carbocycles. The first-order valence-corrected chi connectivity index (χ1v) is 7.41. The lowest BCUT2D eigenvalue weighted by Gasteiger charge is -2.01. The first-order valence-electron chi connectivity index (χ1n) is 7.41. The molecule has 5 aromatic rings. The van der Waals surface area contributed by atoms with E-state index in [1.807, 2.05) is 42.5 Å². The van der Waals surface area contributed by atoms with Crippen molar-refractivity contribution < 1.29 is 14.6 Å². The third kappa shape index (κ3) is 1.53. The van der Waals surface area contributed by atoms with Gasteiger partial charge in [-0.1, -0.05) is 36.4 Å². The van der Waals surface area contributed by atoms with Crippen molar-refractivity contribution in [2.24, 2.45) is 0 Å². The maximum absolute atomic E-state index is 10.3. The van der Waals surface area contributed by atoms with Crippen LogP contribution in [-0.2, 0) is 0 Å². The van der Waals surface area contributed by atoms with Crippen LogP contribution in [0, 0.1) is 0 Å². The number of hydrogen-bond acceptors (Lipinski definition) is 3. The quantitative estimate of drug-likeness (QED) is 0.408. The van der Waals surface area contributed by atoms with Gasteiger partial charge in [0.15, 0.2) is 0 Å². The first-order chi connectivity index (χ1) is 11.2. The molecule has 0 aliphatic heterocycles. The van der Waals surface area contributed by atoms with E-state index in [4.69, 9.17) is 4.42 Å². The number of phenols is 2. The highest BCUT2D eigenvalue weighted by molar-refractivity contribution is 6.21. The average molecular weight is 300 g/mol. The fourth-order valence-corrected chi connectivity index (χ4v) is 3.38. The largest absolute Gasteiger partial charge is 0.507 e. The molecule has 1 aromatic heterocycles. The highest BCUT2D eigenvalue weighted by atomic mass is 16.3. The number of furan rings is 1. The standard InChI is InChI=1S/C20H12O3/c21-17-7-3-6-14-12(17)8-9-15-16-10-18(22)11-4-1-2-5-13(11)20(16)23-19(14)15/h1-10,21-22H. The topological polar surface area (TPSA) is 53.6 Å². The molecule has 0 unspecified atom stereocenters. The van der Waals surface area contributed by atoms with Crippen molar-refractivity contribution in [3.63, 3.8) is 0 Å². The summed E-state index contributed by atoms with van der Waals surface area (Å²) in [5.41, 5.74) is 1.48. The van der Waals surface area contributed by atoms with E-state index in [0.29, 0.717) is 0 Å². The Balaban J connectivity index is 2.09. The van der Waals surface area contributed by atoms with Crippen LogP contribution >= 0.6 is 0 Å². The smallest absolute Gasteiger partial charge is 0.143 e. The Bertz CT molecular complexity index is 1230. The van der Waals surface area contributed by atoms with Crippen molar-refractivity contribution in [3.8, 4) is 11.5 Å². The molecular formula is C20H12O3. The van der Waals surface area contributed by atoms with E-state index < -0.39 is 0 Å². The number of hydrogen-bond donors (Lipinski definition) is 2. The summed E-state index contributed by atoms with van der Waals surface area (Å²) in [5.74, 6) is 0.476. The number of fused-ring (bicyclic) bond motifs is 7. The molecule has 0 aliphatic rings. The van der Waals surface area contributed by atoms with Crippen LogP contribution in [-0.4, -0.2) is 10.2 Å². The minimum Gasteiger partial charge on any atom is -0.507 e. The predicted octanol–water partition coefficient (Wildman–Crippen LogP) is 5.30. The summed E-state index contributed by atoms with van der Waals surface area (Å²) < 4.78 is 6.17. The number of phenolic OH excluding ortho intramolecular Hbond substituents is 2. The van der Waals surface area contributed by atoms with Gasteiger partial charge in [-0.05, 0) is 24.3 Å². The van der Waals surface area contributed by atoms with Gasteiger partial charge in [0.25, 0.3) is 0 Å². The van der Waals surface area contributed by atoms with Crippen LogP contribution in [0.5, 0.6) is 11.5 Å². The minimum absolute atomic E-state index is 0.234. The molecule has 0 radical (unpaired) electrons. The number of benzene rings is 4. The molecule has 0 atom stereocenters. The van der Waals surface area contributed by atoms with Gasteiger partial charge in [-0.15, -0.1) is 0 Å². The van der Waals surface area contributed by atoms with E-state index in [1.165, 1.54) is 0 Å².